The predicted molar refractivity (Wildman–Crippen MR) is 112 cm³/mol. The maximum absolute atomic E-state index is 13.0. The SMILES string of the molecule is Cc1cc(C)n(Cc2cccc(C(=O)N3CCN(Cc4cnn(C)c4)CC3)c2)n1. The molecule has 0 unspecified atom stereocenters. The first-order valence-corrected chi connectivity index (χ1v) is 10.1. The van der Waals surface area contributed by atoms with Gasteiger partial charge >= 0.3 is 0 Å². The van der Waals surface area contributed by atoms with Crippen LogP contribution >= 0.6 is 0 Å². The Morgan fingerprint density at radius 3 is 2.48 bits per heavy atom. The van der Waals surface area contributed by atoms with Gasteiger partial charge in [0.25, 0.3) is 5.91 Å². The lowest BCUT2D eigenvalue weighted by Crippen LogP contribution is -2.48. The molecule has 0 aliphatic carbocycles. The minimum absolute atomic E-state index is 0.112. The van der Waals surface area contributed by atoms with E-state index in [9.17, 15) is 4.79 Å². The average molecular weight is 393 g/mol. The molecule has 1 fully saturated rings. The number of hydrogen-bond donors (Lipinski definition) is 0. The quantitative estimate of drug-likeness (QED) is 0.668. The van der Waals surface area contributed by atoms with E-state index < -0.39 is 0 Å². The van der Waals surface area contributed by atoms with Crippen molar-refractivity contribution in [3.63, 3.8) is 0 Å². The minimum Gasteiger partial charge on any atom is -0.336 e. The van der Waals surface area contributed by atoms with Crippen molar-refractivity contribution in [2.24, 2.45) is 7.05 Å². The van der Waals surface area contributed by atoms with Crippen LogP contribution in [0.5, 0.6) is 0 Å². The Morgan fingerprint density at radius 2 is 1.83 bits per heavy atom. The lowest BCUT2D eigenvalue weighted by Gasteiger charge is -2.34. The van der Waals surface area contributed by atoms with Crippen LogP contribution in [-0.4, -0.2) is 61.4 Å². The Morgan fingerprint density at radius 1 is 1.03 bits per heavy atom. The summed E-state index contributed by atoms with van der Waals surface area (Å²) < 4.78 is 3.81. The first kappa shape index (κ1) is 19.4. The lowest BCUT2D eigenvalue weighted by atomic mass is 10.1. The molecule has 1 aromatic carbocycles. The number of carbonyl (C=O) groups is 1. The molecule has 4 rings (SSSR count). The van der Waals surface area contributed by atoms with Gasteiger partial charge in [0.1, 0.15) is 0 Å². The van der Waals surface area contributed by atoms with E-state index >= 15 is 0 Å². The van der Waals surface area contributed by atoms with Crippen molar-refractivity contribution in [1.29, 1.82) is 0 Å². The van der Waals surface area contributed by atoms with Crippen LogP contribution in [-0.2, 0) is 20.1 Å². The Balaban J connectivity index is 1.37. The van der Waals surface area contributed by atoms with Crippen LogP contribution < -0.4 is 0 Å². The van der Waals surface area contributed by atoms with Gasteiger partial charge in [-0.1, -0.05) is 12.1 Å². The molecule has 7 heteroatoms. The minimum atomic E-state index is 0.112. The molecule has 1 aliphatic rings. The Kier molecular flexibility index (Phi) is 5.49. The van der Waals surface area contributed by atoms with Gasteiger partial charge in [-0.3, -0.25) is 19.1 Å². The van der Waals surface area contributed by atoms with Crippen molar-refractivity contribution in [1.82, 2.24) is 29.4 Å². The molecule has 3 aromatic rings. The smallest absolute Gasteiger partial charge is 0.253 e. The molecule has 152 valence electrons. The van der Waals surface area contributed by atoms with E-state index in [1.165, 1.54) is 5.56 Å². The van der Waals surface area contributed by atoms with Gasteiger partial charge in [-0.25, -0.2) is 0 Å². The molecule has 29 heavy (non-hydrogen) atoms. The topological polar surface area (TPSA) is 59.2 Å². The summed E-state index contributed by atoms with van der Waals surface area (Å²) in [6.07, 6.45) is 3.96. The molecule has 0 spiro atoms. The summed E-state index contributed by atoms with van der Waals surface area (Å²) in [4.78, 5) is 17.4. The monoisotopic (exact) mass is 392 g/mol. The number of amides is 1. The second-order valence-electron chi connectivity index (χ2n) is 7.88. The van der Waals surface area contributed by atoms with Crippen molar-refractivity contribution in [3.8, 4) is 0 Å². The fourth-order valence-electron chi connectivity index (χ4n) is 3.91. The number of aryl methyl sites for hydroxylation is 3. The van der Waals surface area contributed by atoms with E-state index in [0.717, 1.165) is 55.2 Å². The molecule has 0 radical (unpaired) electrons. The summed E-state index contributed by atoms with van der Waals surface area (Å²) in [5, 5.41) is 8.75. The first-order chi connectivity index (χ1) is 14.0. The highest BCUT2D eigenvalue weighted by Gasteiger charge is 2.22. The van der Waals surface area contributed by atoms with Crippen LogP contribution in [0.4, 0.5) is 0 Å². The second-order valence-corrected chi connectivity index (χ2v) is 7.88. The van der Waals surface area contributed by atoms with E-state index in [1.54, 1.807) is 0 Å². The average Bonchev–Trinajstić information content (AvgIpc) is 3.26. The third-order valence-electron chi connectivity index (χ3n) is 5.43. The van der Waals surface area contributed by atoms with E-state index in [0.29, 0.717) is 6.54 Å². The summed E-state index contributed by atoms with van der Waals surface area (Å²) >= 11 is 0. The molecule has 1 aliphatic heterocycles. The zero-order valence-corrected chi connectivity index (χ0v) is 17.4. The van der Waals surface area contributed by atoms with Gasteiger partial charge in [-0.2, -0.15) is 10.2 Å². The van der Waals surface area contributed by atoms with Gasteiger partial charge < -0.3 is 4.90 Å². The molecule has 0 atom stereocenters. The summed E-state index contributed by atoms with van der Waals surface area (Å²) in [7, 11) is 1.93. The van der Waals surface area contributed by atoms with Gasteiger partial charge in [0.05, 0.1) is 18.4 Å². The maximum atomic E-state index is 13.0. The van der Waals surface area contributed by atoms with Gasteiger partial charge in [-0.15, -0.1) is 0 Å². The predicted octanol–water partition coefficient (Wildman–Crippen LogP) is 2.24. The third-order valence-corrected chi connectivity index (χ3v) is 5.43. The van der Waals surface area contributed by atoms with Crippen LogP contribution in [0.2, 0.25) is 0 Å². The van der Waals surface area contributed by atoms with Crippen LogP contribution in [0.3, 0.4) is 0 Å². The Labute approximate surface area is 171 Å². The largest absolute Gasteiger partial charge is 0.336 e. The molecule has 0 bridgehead atoms. The summed E-state index contributed by atoms with van der Waals surface area (Å²) in [5.41, 5.74) is 5.20. The van der Waals surface area contributed by atoms with Crippen molar-refractivity contribution in [3.05, 3.63) is 70.8 Å². The zero-order chi connectivity index (χ0) is 20.4. The molecule has 0 saturated carbocycles. The van der Waals surface area contributed by atoms with Crippen LogP contribution in [0.1, 0.15) is 32.9 Å². The number of nitrogens with zero attached hydrogens (tertiary/aromatic N) is 6. The van der Waals surface area contributed by atoms with Crippen molar-refractivity contribution < 1.29 is 4.79 Å². The van der Waals surface area contributed by atoms with Gasteiger partial charge in [0.15, 0.2) is 0 Å². The first-order valence-electron chi connectivity index (χ1n) is 10.1. The highest BCUT2D eigenvalue weighted by molar-refractivity contribution is 5.94. The fourth-order valence-corrected chi connectivity index (χ4v) is 3.91. The van der Waals surface area contributed by atoms with E-state index in [1.807, 2.05) is 58.8 Å². The summed E-state index contributed by atoms with van der Waals surface area (Å²) in [5.74, 6) is 0.112. The lowest BCUT2D eigenvalue weighted by molar-refractivity contribution is 0.0628. The van der Waals surface area contributed by atoms with Gasteiger partial charge in [0.2, 0.25) is 0 Å². The molecular formula is C22H28N6O. The normalized spacial score (nSPS) is 15.1. The van der Waals surface area contributed by atoms with E-state index in [-0.39, 0.29) is 5.91 Å². The maximum Gasteiger partial charge on any atom is 0.253 e. The highest BCUT2D eigenvalue weighted by Crippen LogP contribution is 2.14. The number of rotatable bonds is 5. The van der Waals surface area contributed by atoms with Crippen molar-refractivity contribution >= 4 is 5.91 Å². The number of aromatic nitrogens is 4. The van der Waals surface area contributed by atoms with Gasteiger partial charge in [-0.05, 0) is 37.6 Å². The third kappa shape index (κ3) is 4.56. The van der Waals surface area contributed by atoms with Crippen molar-refractivity contribution in [2.45, 2.75) is 26.9 Å². The molecule has 2 aromatic heterocycles. The molecule has 1 amide bonds. The molecule has 7 nitrogen and oxygen atoms in total. The molecular weight excluding hydrogens is 364 g/mol. The second kappa shape index (κ2) is 8.21. The number of carbonyl (C=O) groups excluding carboxylic acids is 1. The number of piperazine rings is 1. The highest BCUT2D eigenvalue weighted by atomic mass is 16.2. The van der Waals surface area contributed by atoms with Gasteiger partial charge in [0, 0.05) is 62.8 Å². The zero-order valence-electron chi connectivity index (χ0n) is 17.4. The van der Waals surface area contributed by atoms with E-state index in [4.69, 9.17) is 0 Å². The van der Waals surface area contributed by atoms with Crippen LogP contribution in [0.25, 0.3) is 0 Å². The standard InChI is InChI=1S/C22H28N6O/c1-17-11-18(2)28(24-17)16-19-5-4-6-21(12-19)22(29)27-9-7-26(8-10-27)15-20-13-23-25(3)14-20/h4-6,11-14H,7-10,15-16H2,1-3H3. The summed E-state index contributed by atoms with van der Waals surface area (Å²) in [6, 6.07) is 10.0. The molecule has 0 N–H and O–H groups in total. The van der Waals surface area contributed by atoms with Crippen LogP contribution in [0, 0.1) is 13.8 Å². The van der Waals surface area contributed by atoms with Crippen molar-refractivity contribution in [2.75, 3.05) is 26.2 Å². The van der Waals surface area contributed by atoms with E-state index in [2.05, 4.69) is 34.2 Å². The fraction of sp³-hybridized carbons (Fsp3) is 0.409. The number of hydrogen-bond acceptors (Lipinski definition) is 4. The molecule has 1 saturated heterocycles. The Hall–Kier alpha value is -2.93. The number of benzene rings is 1. The Bertz CT molecular complexity index is 996. The summed E-state index contributed by atoms with van der Waals surface area (Å²) in [6.45, 7) is 8.88. The van der Waals surface area contributed by atoms with Crippen LogP contribution in [0.15, 0.2) is 42.7 Å². The molecule has 3 heterocycles.